The highest BCUT2D eigenvalue weighted by Crippen LogP contribution is 1.75. The highest BCUT2D eigenvalue weighted by molar-refractivity contribution is 6.29. The average Bonchev–Trinajstić information content (AvgIpc) is 1.65. The third kappa shape index (κ3) is 9.15. The summed E-state index contributed by atoms with van der Waals surface area (Å²) < 4.78 is 0. The molecule has 0 saturated carbocycles. The first kappa shape index (κ1) is 15.6. The van der Waals surface area contributed by atoms with E-state index in [2.05, 4.69) is 6.58 Å². The molecule has 4 heteroatoms. The Bertz CT molecular complexity index is 74.4. The fraction of sp³-hybridized carbons (Fsp3) is 0.250. The molecule has 0 fully saturated rings. The van der Waals surface area contributed by atoms with Crippen LogP contribution in [0, 0.1) is 0 Å². The third-order valence-electron chi connectivity index (χ3n) is 0.359. The van der Waals surface area contributed by atoms with Crippen molar-refractivity contribution in [1.29, 1.82) is 0 Å². The van der Waals surface area contributed by atoms with Crippen LogP contribution in [0.25, 0.3) is 0 Å². The zero-order valence-corrected chi connectivity index (χ0v) is 5.45. The minimum Gasteiger partial charge on any atom is -0.344 e. The first-order chi connectivity index (χ1) is 2.81. The van der Waals surface area contributed by atoms with Crippen molar-refractivity contribution in [3.63, 3.8) is 0 Å². The third-order valence-corrected chi connectivity index (χ3v) is 0.623. The molecule has 0 aliphatic rings. The van der Waals surface area contributed by atoms with Crippen LogP contribution in [0.2, 0.25) is 0 Å². The molecule has 0 saturated heterocycles. The van der Waals surface area contributed by atoms with Gasteiger partial charge in [0.1, 0.15) is 0 Å². The summed E-state index contributed by atoms with van der Waals surface area (Å²) in [6, 6.07) is 0. The van der Waals surface area contributed by atoms with E-state index in [4.69, 9.17) is 11.6 Å². The quantitative estimate of drug-likeness (QED) is 0.446. The van der Waals surface area contributed by atoms with Crippen molar-refractivity contribution < 1.29 is 4.79 Å². The van der Waals surface area contributed by atoms with Crippen LogP contribution in [-0.2, 0) is 4.79 Å². The molecule has 3 nitrogen and oxygen atoms in total. The monoisotopic (exact) mass is 138 g/mol. The van der Waals surface area contributed by atoms with Crippen LogP contribution in [-0.4, -0.2) is 11.7 Å². The summed E-state index contributed by atoms with van der Waals surface area (Å²) in [6.45, 7) is 3.20. The van der Waals surface area contributed by atoms with E-state index in [1.807, 2.05) is 0 Å². The van der Waals surface area contributed by atoms with Gasteiger partial charge in [-0.1, -0.05) is 6.58 Å². The van der Waals surface area contributed by atoms with Gasteiger partial charge in [-0.05, 0) is 6.08 Å². The number of halogens is 1. The van der Waals surface area contributed by atoms with Crippen molar-refractivity contribution in [1.82, 2.24) is 12.3 Å². The van der Waals surface area contributed by atoms with E-state index in [0.717, 1.165) is 0 Å². The fourth-order valence-corrected chi connectivity index (χ4v) is 0.164. The second-order valence-corrected chi connectivity index (χ2v) is 1.07. The molecule has 0 heterocycles. The highest BCUT2D eigenvalue weighted by atomic mass is 35.5. The summed E-state index contributed by atoms with van der Waals surface area (Å²) >= 11 is 5.03. The molecule has 0 aromatic carbocycles. The van der Waals surface area contributed by atoms with E-state index in [9.17, 15) is 4.79 Å². The van der Waals surface area contributed by atoms with Crippen molar-refractivity contribution in [3.05, 3.63) is 12.7 Å². The summed E-state index contributed by atoms with van der Waals surface area (Å²) in [4.78, 5) is 9.93. The number of alkyl halides is 1. The number of hydrogen-bond acceptors (Lipinski definition) is 3. The van der Waals surface area contributed by atoms with Gasteiger partial charge in [0.15, 0.2) is 5.78 Å². The highest BCUT2D eigenvalue weighted by Gasteiger charge is 1.84. The Labute approximate surface area is 53.9 Å². The lowest BCUT2D eigenvalue weighted by Crippen LogP contribution is -1.89. The van der Waals surface area contributed by atoms with Crippen molar-refractivity contribution in [2.24, 2.45) is 0 Å². The molecule has 0 unspecified atom stereocenters. The van der Waals surface area contributed by atoms with Crippen LogP contribution in [0.3, 0.4) is 0 Å². The topological polar surface area (TPSA) is 87.1 Å². The number of allylic oxidation sites excluding steroid dienone is 1. The summed E-state index contributed by atoms with van der Waals surface area (Å²) in [5, 5.41) is 0. The molecular formula is C4H11ClN2O. The van der Waals surface area contributed by atoms with Crippen LogP contribution in [0.15, 0.2) is 12.7 Å². The van der Waals surface area contributed by atoms with Crippen LogP contribution in [0.5, 0.6) is 0 Å². The van der Waals surface area contributed by atoms with Crippen molar-refractivity contribution >= 4 is 17.4 Å². The Hall–Kier alpha value is -0.380. The van der Waals surface area contributed by atoms with Gasteiger partial charge in [-0.15, -0.1) is 11.6 Å². The number of carbonyl (C=O) groups excluding carboxylic acids is 1. The van der Waals surface area contributed by atoms with Crippen molar-refractivity contribution in [3.8, 4) is 0 Å². The predicted molar refractivity (Wildman–Crippen MR) is 36.0 cm³/mol. The lowest BCUT2D eigenvalue weighted by atomic mass is 10.5. The van der Waals surface area contributed by atoms with Gasteiger partial charge in [0, 0.05) is 0 Å². The van der Waals surface area contributed by atoms with Crippen LogP contribution in [0.1, 0.15) is 0 Å². The van der Waals surface area contributed by atoms with Gasteiger partial charge < -0.3 is 12.3 Å². The zero-order chi connectivity index (χ0) is 4.99. The second kappa shape index (κ2) is 9.80. The number of carbonyl (C=O) groups is 1. The molecule has 0 spiro atoms. The Morgan fingerprint density at radius 3 is 2.00 bits per heavy atom. The van der Waals surface area contributed by atoms with Gasteiger partial charge in [0.25, 0.3) is 0 Å². The molecular weight excluding hydrogens is 128 g/mol. The lowest BCUT2D eigenvalue weighted by molar-refractivity contribution is -0.112. The first-order valence-electron chi connectivity index (χ1n) is 1.52. The van der Waals surface area contributed by atoms with Gasteiger partial charge in [-0.2, -0.15) is 0 Å². The summed E-state index contributed by atoms with van der Waals surface area (Å²) in [6.07, 6.45) is 1.20. The summed E-state index contributed by atoms with van der Waals surface area (Å²) in [5.74, 6) is -0.0829. The maximum atomic E-state index is 9.93. The SMILES string of the molecule is C=CC(=O)CCl.N.N. The first-order valence-corrected chi connectivity index (χ1v) is 2.06. The normalized spacial score (nSPS) is 5.62. The van der Waals surface area contributed by atoms with Gasteiger partial charge in [-0.3, -0.25) is 4.79 Å². The molecule has 0 amide bonds. The van der Waals surface area contributed by atoms with E-state index in [1.165, 1.54) is 6.08 Å². The second-order valence-electron chi connectivity index (χ2n) is 0.804. The minimum absolute atomic E-state index is 0. The Morgan fingerprint density at radius 2 is 2.00 bits per heavy atom. The van der Waals surface area contributed by atoms with Crippen LogP contribution >= 0.6 is 11.6 Å². The Balaban J connectivity index is -0.000000125. The zero-order valence-electron chi connectivity index (χ0n) is 4.69. The molecule has 0 radical (unpaired) electrons. The Kier molecular flexibility index (Phi) is 19.2. The van der Waals surface area contributed by atoms with Gasteiger partial charge >= 0.3 is 0 Å². The van der Waals surface area contributed by atoms with E-state index in [0.29, 0.717) is 0 Å². The summed E-state index contributed by atoms with van der Waals surface area (Å²) in [7, 11) is 0. The van der Waals surface area contributed by atoms with Crippen molar-refractivity contribution in [2.45, 2.75) is 0 Å². The molecule has 0 aromatic heterocycles. The Morgan fingerprint density at radius 1 is 1.62 bits per heavy atom. The number of ketones is 1. The fourth-order valence-electron chi connectivity index (χ4n) is 0.0546. The molecule has 0 rings (SSSR count). The number of rotatable bonds is 2. The molecule has 8 heavy (non-hydrogen) atoms. The lowest BCUT2D eigenvalue weighted by Gasteiger charge is -1.73. The van der Waals surface area contributed by atoms with E-state index >= 15 is 0 Å². The molecule has 0 aromatic rings. The van der Waals surface area contributed by atoms with E-state index < -0.39 is 0 Å². The molecule has 6 N–H and O–H groups in total. The molecule has 0 bridgehead atoms. The standard InChI is InChI=1S/C4H5ClO.2H3N/c1-2-4(6)3-5;;/h2H,1,3H2;2*1H3. The van der Waals surface area contributed by atoms with Crippen LogP contribution in [0.4, 0.5) is 0 Å². The van der Waals surface area contributed by atoms with Gasteiger partial charge in [-0.25, -0.2) is 0 Å². The van der Waals surface area contributed by atoms with Gasteiger partial charge in [0.05, 0.1) is 5.88 Å². The molecule has 0 aliphatic carbocycles. The largest absolute Gasteiger partial charge is 0.344 e. The smallest absolute Gasteiger partial charge is 0.169 e. The minimum atomic E-state index is -0.128. The maximum Gasteiger partial charge on any atom is 0.169 e. The predicted octanol–water partition coefficient (Wildman–Crippen LogP) is 1.30. The molecule has 0 aliphatic heterocycles. The van der Waals surface area contributed by atoms with E-state index in [1.54, 1.807) is 0 Å². The van der Waals surface area contributed by atoms with Gasteiger partial charge in [0.2, 0.25) is 0 Å². The van der Waals surface area contributed by atoms with E-state index in [-0.39, 0.29) is 24.0 Å². The summed E-state index contributed by atoms with van der Waals surface area (Å²) in [5.41, 5.74) is 0. The number of hydrogen-bond donors (Lipinski definition) is 2. The van der Waals surface area contributed by atoms with Crippen molar-refractivity contribution in [2.75, 3.05) is 5.88 Å². The van der Waals surface area contributed by atoms with Crippen LogP contribution < -0.4 is 12.3 Å². The molecule has 50 valence electrons. The molecule has 0 atom stereocenters. The average molecular weight is 139 g/mol. The maximum absolute atomic E-state index is 9.93.